The molecule has 1 saturated heterocycles. The Kier molecular flexibility index (Phi) is 8.09. The monoisotopic (exact) mass is 478 g/mol. The third-order valence-corrected chi connectivity index (χ3v) is 5.80. The Morgan fingerprint density at radius 2 is 1.79 bits per heavy atom. The molecule has 0 aromatic heterocycles. The van der Waals surface area contributed by atoms with Gasteiger partial charge in [0.05, 0.1) is 19.9 Å². The predicted molar refractivity (Wildman–Crippen MR) is 124 cm³/mol. The van der Waals surface area contributed by atoms with E-state index in [9.17, 15) is 18.0 Å². The number of amides is 1. The maximum Gasteiger partial charge on any atom is 0.405 e. The minimum absolute atomic E-state index is 0.0809. The van der Waals surface area contributed by atoms with Crippen molar-refractivity contribution in [1.29, 1.82) is 0 Å². The fourth-order valence-electron chi connectivity index (χ4n) is 4.11. The second-order valence-electron chi connectivity index (χ2n) is 8.01. The van der Waals surface area contributed by atoms with Crippen LogP contribution >= 0.6 is 0 Å². The van der Waals surface area contributed by atoms with Gasteiger partial charge in [-0.25, -0.2) is 0 Å². The first-order valence-corrected chi connectivity index (χ1v) is 10.9. The van der Waals surface area contributed by atoms with Crippen molar-refractivity contribution in [3.63, 3.8) is 0 Å². The summed E-state index contributed by atoms with van der Waals surface area (Å²) in [6.45, 7) is 5.97. The van der Waals surface area contributed by atoms with Crippen LogP contribution in [0, 0.1) is 6.92 Å². The molecular formula is C25H29F3N2O4. The molecule has 0 saturated carbocycles. The van der Waals surface area contributed by atoms with Gasteiger partial charge in [-0.2, -0.15) is 13.2 Å². The molecule has 0 bridgehead atoms. The summed E-state index contributed by atoms with van der Waals surface area (Å²) >= 11 is 0. The minimum Gasteiger partial charge on any atom is -0.496 e. The number of aryl methyl sites for hydroxylation is 1. The molecule has 1 aliphatic rings. The topological polar surface area (TPSA) is 60.0 Å². The Bertz CT molecular complexity index is 1010. The number of carbonyl (C=O) groups excluding carboxylic acids is 1. The standard InChI is InChI=1S/C25H29F3N2O4/c1-5-30(20-7-6-18(12-16(20)2)17-8-10-34-11-9-17)19-13-21(32-3)23(22(14-19)33-4)24(31)29-15-25(26,27)28/h5-7,12-14,17H,1,8-11,15H2,2-4H3,(H,29,31). The molecule has 1 amide bonds. The molecule has 1 aliphatic heterocycles. The van der Waals surface area contributed by atoms with E-state index in [2.05, 4.69) is 18.7 Å². The first-order valence-electron chi connectivity index (χ1n) is 10.9. The molecule has 2 aromatic carbocycles. The molecule has 0 atom stereocenters. The second kappa shape index (κ2) is 10.8. The van der Waals surface area contributed by atoms with Gasteiger partial charge in [-0.1, -0.05) is 18.7 Å². The molecule has 34 heavy (non-hydrogen) atoms. The summed E-state index contributed by atoms with van der Waals surface area (Å²) in [6.07, 6.45) is -0.954. The molecule has 9 heteroatoms. The fraction of sp³-hybridized carbons (Fsp3) is 0.400. The van der Waals surface area contributed by atoms with Crippen LogP contribution in [0.15, 0.2) is 43.1 Å². The van der Waals surface area contributed by atoms with E-state index in [0.717, 1.165) is 37.3 Å². The van der Waals surface area contributed by atoms with E-state index in [1.165, 1.54) is 19.8 Å². The third kappa shape index (κ3) is 5.83. The van der Waals surface area contributed by atoms with Crippen molar-refractivity contribution >= 4 is 17.3 Å². The zero-order valence-corrected chi connectivity index (χ0v) is 19.5. The molecule has 2 aromatic rings. The lowest BCUT2D eigenvalue weighted by Crippen LogP contribution is -2.34. The SMILES string of the molecule is C=CN(c1cc(OC)c(C(=O)NCC(F)(F)F)c(OC)c1)c1ccc(C2CCOCC2)cc1C. The largest absolute Gasteiger partial charge is 0.496 e. The summed E-state index contributed by atoms with van der Waals surface area (Å²) in [5.41, 5.74) is 3.60. The molecule has 3 rings (SSSR count). The second-order valence-corrected chi connectivity index (χ2v) is 8.01. The Labute approximate surface area is 197 Å². The molecule has 6 nitrogen and oxygen atoms in total. The van der Waals surface area contributed by atoms with Gasteiger partial charge in [0.2, 0.25) is 0 Å². The molecule has 0 unspecified atom stereocenters. The minimum atomic E-state index is -4.54. The van der Waals surface area contributed by atoms with Crippen molar-refractivity contribution in [3.05, 3.63) is 59.8 Å². The molecule has 1 heterocycles. The van der Waals surface area contributed by atoms with Gasteiger partial charge in [0.1, 0.15) is 23.6 Å². The number of ether oxygens (including phenoxy) is 3. The van der Waals surface area contributed by atoms with E-state index in [4.69, 9.17) is 14.2 Å². The van der Waals surface area contributed by atoms with Crippen LogP contribution in [0.3, 0.4) is 0 Å². The Hall–Kier alpha value is -3.20. The van der Waals surface area contributed by atoms with Crippen molar-refractivity contribution in [2.75, 3.05) is 38.9 Å². The van der Waals surface area contributed by atoms with E-state index in [1.54, 1.807) is 18.3 Å². The number of nitrogens with one attached hydrogen (secondary N) is 1. The normalized spacial score (nSPS) is 14.4. The smallest absolute Gasteiger partial charge is 0.405 e. The highest BCUT2D eigenvalue weighted by molar-refractivity contribution is 6.00. The summed E-state index contributed by atoms with van der Waals surface area (Å²) < 4.78 is 53.9. The summed E-state index contributed by atoms with van der Waals surface area (Å²) in [4.78, 5) is 14.3. The zero-order chi connectivity index (χ0) is 24.9. The van der Waals surface area contributed by atoms with Gasteiger partial charge in [-0.15, -0.1) is 0 Å². The van der Waals surface area contributed by atoms with E-state index >= 15 is 0 Å². The van der Waals surface area contributed by atoms with E-state index in [1.807, 2.05) is 23.2 Å². The number of hydrogen-bond donors (Lipinski definition) is 1. The number of carbonyl (C=O) groups is 1. The van der Waals surface area contributed by atoms with Crippen LogP contribution in [0.4, 0.5) is 24.5 Å². The number of anilines is 2. The van der Waals surface area contributed by atoms with Crippen molar-refractivity contribution < 1.29 is 32.2 Å². The lowest BCUT2D eigenvalue weighted by molar-refractivity contribution is -0.123. The van der Waals surface area contributed by atoms with Crippen molar-refractivity contribution in [1.82, 2.24) is 5.32 Å². The van der Waals surface area contributed by atoms with Crippen LogP contribution in [0.5, 0.6) is 11.5 Å². The summed E-state index contributed by atoms with van der Waals surface area (Å²) in [5, 5.41) is 1.86. The Balaban J connectivity index is 1.96. The number of benzene rings is 2. The molecule has 0 aliphatic carbocycles. The fourth-order valence-corrected chi connectivity index (χ4v) is 4.11. The van der Waals surface area contributed by atoms with E-state index in [0.29, 0.717) is 11.6 Å². The van der Waals surface area contributed by atoms with Crippen LogP contribution in [-0.4, -0.2) is 46.1 Å². The van der Waals surface area contributed by atoms with Crippen LogP contribution in [0.2, 0.25) is 0 Å². The molecule has 1 N–H and O–H groups in total. The quantitative estimate of drug-likeness (QED) is 0.545. The van der Waals surface area contributed by atoms with Gasteiger partial charge in [0.25, 0.3) is 5.91 Å². The van der Waals surface area contributed by atoms with Crippen LogP contribution < -0.4 is 19.7 Å². The number of halogens is 3. The molecular weight excluding hydrogens is 449 g/mol. The highest BCUT2D eigenvalue weighted by Crippen LogP contribution is 2.39. The van der Waals surface area contributed by atoms with Gasteiger partial charge >= 0.3 is 6.18 Å². The first kappa shape index (κ1) is 25.4. The Morgan fingerprint density at radius 1 is 1.18 bits per heavy atom. The van der Waals surface area contributed by atoms with Crippen LogP contribution in [0.1, 0.15) is 40.2 Å². The van der Waals surface area contributed by atoms with Crippen LogP contribution in [0.25, 0.3) is 0 Å². The number of rotatable bonds is 8. The van der Waals surface area contributed by atoms with Crippen molar-refractivity contribution in [3.8, 4) is 11.5 Å². The maximum atomic E-state index is 12.6. The van der Waals surface area contributed by atoms with Gasteiger partial charge in [-0.3, -0.25) is 4.79 Å². The molecule has 0 spiro atoms. The molecule has 0 radical (unpaired) electrons. The predicted octanol–water partition coefficient (Wildman–Crippen LogP) is 5.48. The first-order chi connectivity index (χ1) is 16.2. The van der Waals surface area contributed by atoms with Gasteiger partial charge in [0, 0.05) is 37.2 Å². The number of alkyl halides is 3. The average Bonchev–Trinajstić information content (AvgIpc) is 2.83. The molecule has 1 fully saturated rings. The summed E-state index contributed by atoms with van der Waals surface area (Å²) in [5.74, 6) is -0.331. The summed E-state index contributed by atoms with van der Waals surface area (Å²) in [6, 6.07) is 9.37. The number of methoxy groups -OCH3 is 2. The third-order valence-electron chi connectivity index (χ3n) is 5.80. The van der Waals surface area contributed by atoms with Gasteiger partial charge < -0.3 is 24.4 Å². The molecule has 184 valence electrons. The zero-order valence-electron chi connectivity index (χ0n) is 19.5. The summed E-state index contributed by atoms with van der Waals surface area (Å²) in [7, 11) is 2.68. The maximum absolute atomic E-state index is 12.6. The Morgan fingerprint density at radius 3 is 2.29 bits per heavy atom. The lowest BCUT2D eigenvalue weighted by atomic mass is 9.90. The van der Waals surface area contributed by atoms with Crippen molar-refractivity contribution in [2.45, 2.75) is 31.9 Å². The van der Waals surface area contributed by atoms with Crippen molar-refractivity contribution in [2.24, 2.45) is 0 Å². The average molecular weight is 479 g/mol. The van der Waals surface area contributed by atoms with Gasteiger partial charge in [0.15, 0.2) is 0 Å². The number of hydrogen-bond acceptors (Lipinski definition) is 5. The van der Waals surface area contributed by atoms with Gasteiger partial charge in [-0.05, 0) is 42.9 Å². The lowest BCUT2D eigenvalue weighted by Gasteiger charge is -2.27. The van der Waals surface area contributed by atoms with Crippen LogP contribution in [-0.2, 0) is 4.74 Å². The highest BCUT2D eigenvalue weighted by atomic mass is 19.4. The van der Waals surface area contributed by atoms with E-state index in [-0.39, 0.29) is 17.1 Å². The van der Waals surface area contributed by atoms with E-state index < -0.39 is 18.6 Å². The number of nitrogens with zero attached hydrogens (tertiary/aromatic N) is 1. The highest BCUT2D eigenvalue weighted by Gasteiger charge is 2.30.